The zero-order valence-corrected chi connectivity index (χ0v) is 11.6. The van der Waals surface area contributed by atoms with Crippen LogP contribution in [0.2, 0.25) is 0 Å². The lowest BCUT2D eigenvalue weighted by Gasteiger charge is -2.24. The van der Waals surface area contributed by atoms with Gasteiger partial charge in [0, 0.05) is 12.1 Å². The van der Waals surface area contributed by atoms with E-state index in [0.717, 1.165) is 0 Å². The van der Waals surface area contributed by atoms with Crippen LogP contribution in [0.15, 0.2) is 18.2 Å². The van der Waals surface area contributed by atoms with Crippen molar-refractivity contribution in [2.75, 3.05) is 18.1 Å². The third-order valence-corrected chi connectivity index (χ3v) is 3.08. The molecule has 102 valence electrons. The fraction of sp³-hybridized carbons (Fsp3) is 0.467. The van der Waals surface area contributed by atoms with Crippen LogP contribution in [0.4, 0.5) is 5.69 Å². The number of nitrogens with zero attached hydrogens (tertiary/aromatic N) is 1. The molecular weight excluding hydrogens is 242 g/mol. The first-order chi connectivity index (χ1) is 8.99. The summed E-state index contributed by atoms with van der Waals surface area (Å²) in [6.07, 6.45) is 0.372. The van der Waals surface area contributed by atoms with Crippen LogP contribution in [0.3, 0.4) is 0 Å². The van der Waals surface area contributed by atoms with Crippen molar-refractivity contribution < 1.29 is 14.3 Å². The number of carbonyl (C=O) groups excluding carboxylic acids is 2. The van der Waals surface area contributed by atoms with Crippen LogP contribution in [-0.4, -0.2) is 24.8 Å². The minimum Gasteiger partial charge on any atom is -0.491 e. The molecule has 1 aliphatic heterocycles. The Kier molecular flexibility index (Phi) is 3.88. The summed E-state index contributed by atoms with van der Waals surface area (Å²) in [5.74, 6) is 1.07. The summed E-state index contributed by atoms with van der Waals surface area (Å²) < 4.78 is 5.59. The van der Waals surface area contributed by atoms with Crippen molar-refractivity contribution in [2.24, 2.45) is 5.92 Å². The molecule has 4 heteroatoms. The number of fused-ring (bicyclic) bond motifs is 1. The molecule has 0 spiro atoms. The second-order valence-electron chi connectivity index (χ2n) is 5.24. The molecule has 1 aliphatic rings. The molecule has 0 fully saturated rings. The Bertz CT molecular complexity index is 508. The van der Waals surface area contributed by atoms with Gasteiger partial charge in [-0.25, -0.2) is 0 Å². The van der Waals surface area contributed by atoms with Gasteiger partial charge in [0.1, 0.15) is 5.75 Å². The highest BCUT2D eigenvalue weighted by Gasteiger charge is 2.24. The fourth-order valence-corrected chi connectivity index (χ4v) is 2.15. The smallest absolute Gasteiger partial charge is 0.230 e. The average molecular weight is 261 g/mol. The molecule has 19 heavy (non-hydrogen) atoms. The lowest BCUT2D eigenvalue weighted by Crippen LogP contribution is -2.33. The van der Waals surface area contributed by atoms with Gasteiger partial charge in [0.25, 0.3) is 0 Å². The number of benzene rings is 1. The third kappa shape index (κ3) is 2.95. The van der Waals surface area contributed by atoms with Gasteiger partial charge in [-0.1, -0.05) is 13.8 Å². The van der Waals surface area contributed by atoms with Gasteiger partial charge < -0.3 is 9.64 Å². The molecule has 0 unspecified atom stereocenters. The van der Waals surface area contributed by atoms with Crippen molar-refractivity contribution in [3.8, 4) is 5.75 Å². The second-order valence-corrected chi connectivity index (χ2v) is 5.24. The van der Waals surface area contributed by atoms with Crippen molar-refractivity contribution in [2.45, 2.75) is 27.2 Å². The van der Waals surface area contributed by atoms with Gasteiger partial charge in [0.2, 0.25) is 5.91 Å². The molecule has 0 bridgehead atoms. The van der Waals surface area contributed by atoms with Gasteiger partial charge in [-0.3, -0.25) is 9.59 Å². The monoisotopic (exact) mass is 261 g/mol. The molecular formula is C15H19NO3. The number of Topliss-reactive ketones (excluding diaryl/α,β-unsaturated/α-hetero) is 1. The van der Waals surface area contributed by atoms with Crippen molar-refractivity contribution in [3.63, 3.8) is 0 Å². The molecule has 0 N–H and O–H groups in total. The first kappa shape index (κ1) is 13.6. The van der Waals surface area contributed by atoms with Gasteiger partial charge in [-0.15, -0.1) is 0 Å². The SMILES string of the molecule is CC(=O)c1ccc2c(c1)N(CC(C)C)C(=O)CCO2. The highest BCUT2D eigenvalue weighted by atomic mass is 16.5. The lowest BCUT2D eigenvalue weighted by atomic mass is 10.1. The van der Waals surface area contributed by atoms with E-state index in [0.29, 0.717) is 42.5 Å². The molecule has 0 saturated heterocycles. The van der Waals surface area contributed by atoms with Gasteiger partial charge in [0.15, 0.2) is 5.78 Å². The maximum atomic E-state index is 12.2. The Morgan fingerprint density at radius 3 is 2.79 bits per heavy atom. The zero-order valence-electron chi connectivity index (χ0n) is 11.6. The minimum atomic E-state index is -0.0102. The van der Waals surface area contributed by atoms with Crippen molar-refractivity contribution in [3.05, 3.63) is 23.8 Å². The maximum absolute atomic E-state index is 12.2. The van der Waals surface area contributed by atoms with E-state index in [1.54, 1.807) is 23.1 Å². The quantitative estimate of drug-likeness (QED) is 0.786. The van der Waals surface area contributed by atoms with E-state index in [-0.39, 0.29) is 11.7 Å². The number of hydrogen-bond acceptors (Lipinski definition) is 3. The van der Waals surface area contributed by atoms with E-state index in [1.807, 2.05) is 0 Å². The number of hydrogen-bond donors (Lipinski definition) is 0. The molecule has 1 amide bonds. The van der Waals surface area contributed by atoms with Crippen LogP contribution < -0.4 is 9.64 Å². The molecule has 0 atom stereocenters. The molecule has 1 aromatic carbocycles. The van der Waals surface area contributed by atoms with Gasteiger partial charge in [-0.05, 0) is 31.0 Å². The Morgan fingerprint density at radius 2 is 2.16 bits per heavy atom. The van der Waals surface area contributed by atoms with Gasteiger partial charge in [0.05, 0.1) is 18.7 Å². The largest absolute Gasteiger partial charge is 0.491 e. The molecule has 0 aliphatic carbocycles. The molecule has 2 rings (SSSR count). The number of anilines is 1. The van der Waals surface area contributed by atoms with Crippen LogP contribution in [-0.2, 0) is 4.79 Å². The van der Waals surface area contributed by atoms with Crippen molar-refractivity contribution in [1.82, 2.24) is 0 Å². The van der Waals surface area contributed by atoms with E-state index in [9.17, 15) is 9.59 Å². The molecule has 1 heterocycles. The fourth-order valence-electron chi connectivity index (χ4n) is 2.15. The number of rotatable bonds is 3. The summed E-state index contributed by atoms with van der Waals surface area (Å²) in [7, 11) is 0. The van der Waals surface area contributed by atoms with Gasteiger partial charge >= 0.3 is 0 Å². The summed E-state index contributed by atoms with van der Waals surface area (Å²) in [5.41, 5.74) is 1.31. The third-order valence-electron chi connectivity index (χ3n) is 3.08. The highest BCUT2D eigenvalue weighted by Crippen LogP contribution is 2.33. The molecule has 0 aromatic heterocycles. The summed E-state index contributed by atoms with van der Waals surface area (Å²) >= 11 is 0. The first-order valence-corrected chi connectivity index (χ1v) is 6.57. The standard InChI is InChI=1S/C15H19NO3/c1-10(2)9-16-13-8-12(11(3)17)4-5-14(13)19-7-6-15(16)18/h4-5,8,10H,6-7,9H2,1-3H3. The summed E-state index contributed by atoms with van der Waals surface area (Å²) in [6, 6.07) is 5.27. The topological polar surface area (TPSA) is 46.6 Å². The predicted octanol–water partition coefficient (Wildman–Crippen LogP) is 2.66. The van der Waals surface area contributed by atoms with Crippen molar-refractivity contribution >= 4 is 17.4 Å². The van der Waals surface area contributed by atoms with Crippen molar-refractivity contribution in [1.29, 1.82) is 0 Å². The Hall–Kier alpha value is -1.84. The number of ketones is 1. The Morgan fingerprint density at radius 1 is 1.42 bits per heavy atom. The summed E-state index contributed by atoms with van der Waals surface area (Å²) in [6.45, 7) is 6.67. The predicted molar refractivity (Wildman–Crippen MR) is 73.7 cm³/mol. The van der Waals surface area contributed by atoms with Crippen LogP contribution >= 0.6 is 0 Å². The van der Waals surface area contributed by atoms with E-state index >= 15 is 0 Å². The normalized spacial score (nSPS) is 14.9. The molecule has 0 saturated carbocycles. The highest BCUT2D eigenvalue weighted by molar-refractivity contribution is 5.99. The lowest BCUT2D eigenvalue weighted by molar-refractivity contribution is -0.118. The summed E-state index contributed by atoms with van der Waals surface area (Å²) in [5, 5.41) is 0. The Labute approximate surface area is 113 Å². The van der Waals surface area contributed by atoms with E-state index in [4.69, 9.17) is 4.74 Å². The van der Waals surface area contributed by atoms with Crippen LogP contribution in [0.25, 0.3) is 0 Å². The molecule has 1 aromatic rings. The number of amides is 1. The Balaban J connectivity index is 2.46. The molecule has 4 nitrogen and oxygen atoms in total. The van der Waals surface area contributed by atoms with Crippen LogP contribution in [0, 0.1) is 5.92 Å². The van der Waals surface area contributed by atoms with Gasteiger partial charge in [-0.2, -0.15) is 0 Å². The van der Waals surface area contributed by atoms with Crippen LogP contribution in [0.5, 0.6) is 5.75 Å². The second kappa shape index (κ2) is 5.43. The van der Waals surface area contributed by atoms with E-state index in [1.165, 1.54) is 6.92 Å². The summed E-state index contributed by atoms with van der Waals surface area (Å²) in [4.78, 5) is 25.4. The van der Waals surface area contributed by atoms with E-state index < -0.39 is 0 Å². The zero-order chi connectivity index (χ0) is 14.0. The van der Waals surface area contributed by atoms with E-state index in [2.05, 4.69) is 13.8 Å². The maximum Gasteiger partial charge on any atom is 0.230 e. The molecule has 0 radical (unpaired) electrons. The first-order valence-electron chi connectivity index (χ1n) is 6.57. The number of carbonyl (C=O) groups is 2. The van der Waals surface area contributed by atoms with Crippen LogP contribution in [0.1, 0.15) is 37.6 Å². The minimum absolute atomic E-state index is 0.0102. The number of ether oxygens (including phenoxy) is 1. The average Bonchev–Trinajstić information content (AvgIpc) is 2.49.